The van der Waals surface area contributed by atoms with Gasteiger partial charge in [-0.2, -0.15) is 0 Å². The topological polar surface area (TPSA) is 65.3 Å². The number of nitrogens with zero attached hydrogens (tertiary/aromatic N) is 2. The van der Waals surface area contributed by atoms with E-state index in [2.05, 4.69) is 4.98 Å². The van der Waals surface area contributed by atoms with Crippen LogP contribution in [0.25, 0.3) is 10.2 Å². The molecule has 0 spiro atoms. The first-order valence-corrected chi connectivity index (χ1v) is 8.24. The van der Waals surface area contributed by atoms with Crippen LogP contribution in [0.1, 0.15) is 6.92 Å². The van der Waals surface area contributed by atoms with Crippen LogP contribution >= 0.6 is 23.1 Å². The number of rotatable bonds is 5. The molecule has 0 saturated carbocycles. The van der Waals surface area contributed by atoms with E-state index in [9.17, 15) is 10.1 Å². The van der Waals surface area contributed by atoms with Gasteiger partial charge in [-0.1, -0.05) is 11.8 Å². The maximum Gasteiger partial charge on any atom is 0.269 e. The van der Waals surface area contributed by atoms with Gasteiger partial charge in [0.2, 0.25) is 0 Å². The van der Waals surface area contributed by atoms with Gasteiger partial charge in [0.1, 0.15) is 5.75 Å². The second-order valence-electron chi connectivity index (χ2n) is 4.40. The summed E-state index contributed by atoms with van der Waals surface area (Å²) in [6, 6.07) is 12.3. The molecule has 5 nitrogen and oxygen atoms in total. The molecule has 3 aromatic rings. The molecule has 0 aliphatic heterocycles. The Morgan fingerprint density at radius 3 is 2.73 bits per heavy atom. The molecule has 3 rings (SSSR count). The Hall–Kier alpha value is -2.12. The molecule has 0 N–H and O–H groups in total. The van der Waals surface area contributed by atoms with Gasteiger partial charge in [-0.3, -0.25) is 10.1 Å². The van der Waals surface area contributed by atoms with E-state index in [0.717, 1.165) is 25.2 Å². The molecule has 0 aliphatic carbocycles. The fraction of sp³-hybridized carbons (Fsp3) is 0.133. The van der Waals surface area contributed by atoms with Gasteiger partial charge in [0, 0.05) is 17.0 Å². The molecule has 0 atom stereocenters. The van der Waals surface area contributed by atoms with Crippen LogP contribution in [0, 0.1) is 10.1 Å². The third-order valence-corrected chi connectivity index (χ3v) is 4.99. The SMILES string of the molecule is CCOc1ccc2nc(Sc3ccc([N+](=O)[O-])cc3)sc2c1. The van der Waals surface area contributed by atoms with Crippen LogP contribution in [0.15, 0.2) is 51.7 Å². The predicted molar refractivity (Wildman–Crippen MR) is 88.0 cm³/mol. The van der Waals surface area contributed by atoms with Crippen LogP contribution in [0.5, 0.6) is 5.75 Å². The molecule has 7 heteroatoms. The molecular weight excluding hydrogens is 320 g/mol. The molecule has 1 aromatic heterocycles. The second-order valence-corrected chi connectivity index (χ2v) is 6.75. The highest BCUT2D eigenvalue weighted by molar-refractivity contribution is 8.01. The summed E-state index contributed by atoms with van der Waals surface area (Å²) >= 11 is 3.08. The third-order valence-electron chi connectivity index (χ3n) is 2.90. The van der Waals surface area contributed by atoms with Crippen molar-refractivity contribution in [3.05, 3.63) is 52.6 Å². The molecule has 2 aromatic carbocycles. The number of nitro benzene ring substituents is 1. The van der Waals surface area contributed by atoms with Gasteiger partial charge in [-0.25, -0.2) is 4.98 Å². The summed E-state index contributed by atoms with van der Waals surface area (Å²) in [5.41, 5.74) is 1.02. The van der Waals surface area contributed by atoms with Crippen molar-refractivity contribution in [2.24, 2.45) is 0 Å². The van der Waals surface area contributed by atoms with E-state index in [1.807, 2.05) is 25.1 Å². The zero-order chi connectivity index (χ0) is 15.5. The molecule has 0 aliphatic rings. The second kappa shape index (κ2) is 6.33. The highest BCUT2D eigenvalue weighted by Gasteiger charge is 2.09. The number of fused-ring (bicyclic) bond motifs is 1. The summed E-state index contributed by atoms with van der Waals surface area (Å²) in [7, 11) is 0. The molecule has 0 amide bonds. The van der Waals surface area contributed by atoms with Crippen LogP contribution in [0.2, 0.25) is 0 Å². The first-order chi connectivity index (χ1) is 10.7. The lowest BCUT2D eigenvalue weighted by molar-refractivity contribution is -0.384. The van der Waals surface area contributed by atoms with E-state index < -0.39 is 4.92 Å². The molecule has 0 saturated heterocycles. The number of hydrogen-bond donors (Lipinski definition) is 0. The summed E-state index contributed by atoms with van der Waals surface area (Å²) in [5, 5.41) is 10.6. The van der Waals surface area contributed by atoms with E-state index in [1.165, 1.54) is 23.9 Å². The number of benzene rings is 2. The Labute approximate surface area is 135 Å². The monoisotopic (exact) mass is 332 g/mol. The van der Waals surface area contributed by atoms with E-state index >= 15 is 0 Å². The quantitative estimate of drug-likeness (QED) is 0.498. The smallest absolute Gasteiger partial charge is 0.269 e. The van der Waals surface area contributed by atoms with Crippen molar-refractivity contribution in [1.29, 1.82) is 0 Å². The van der Waals surface area contributed by atoms with Gasteiger partial charge in [0.25, 0.3) is 5.69 Å². The van der Waals surface area contributed by atoms with Crippen molar-refractivity contribution in [2.45, 2.75) is 16.2 Å². The third kappa shape index (κ3) is 3.20. The number of aromatic nitrogens is 1. The van der Waals surface area contributed by atoms with E-state index in [1.54, 1.807) is 23.5 Å². The molecule has 1 heterocycles. The van der Waals surface area contributed by atoms with Gasteiger partial charge >= 0.3 is 0 Å². The summed E-state index contributed by atoms with van der Waals surface area (Å²) in [4.78, 5) is 15.7. The summed E-state index contributed by atoms with van der Waals surface area (Å²) in [5.74, 6) is 0.838. The number of non-ortho nitro benzene ring substituents is 1. The van der Waals surface area contributed by atoms with E-state index in [-0.39, 0.29) is 5.69 Å². The summed E-state index contributed by atoms with van der Waals surface area (Å²) in [6.07, 6.45) is 0. The highest BCUT2D eigenvalue weighted by atomic mass is 32.2. The van der Waals surface area contributed by atoms with Gasteiger partial charge in [0.05, 0.1) is 21.7 Å². The van der Waals surface area contributed by atoms with Gasteiger partial charge in [-0.05, 0) is 37.3 Å². The van der Waals surface area contributed by atoms with Crippen LogP contribution in [-0.4, -0.2) is 16.5 Å². The number of nitro groups is 1. The minimum atomic E-state index is -0.401. The first-order valence-electron chi connectivity index (χ1n) is 6.61. The van der Waals surface area contributed by atoms with E-state index in [4.69, 9.17) is 4.74 Å². The van der Waals surface area contributed by atoms with Crippen molar-refractivity contribution in [3.63, 3.8) is 0 Å². The summed E-state index contributed by atoms with van der Waals surface area (Å²) in [6.45, 7) is 2.58. The maximum absolute atomic E-state index is 10.6. The van der Waals surface area contributed by atoms with Crippen LogP contribution in [0.4, 0.5) is 5.69 Å². The first kappa shape index (κ1) is 14.8. The Bertz CT molecular complexity index is 815. The fourth-order valence-electron chi connectivity index (χ4n) is 1.92. The van der Waals surface area contributed by atoms with Crippen LogP contribution in [0.3, 0.4) is 0 Å². The number of thiazole rings is 1. The van der Waals surface area contributed by atoms with Crippen molar-refractivity contribution in [2.75, 3.05) is 6.61 Å². The largest absolute Gasteiger partial charge is 0.494 e. The predicted octanol–water partition coefficient (Wildman–Crippen LogP) is 4.75. The Morgan fingerprint density at radius 2 is 2.05 bits per heavy atom. The standard InChI is InChI=1S/C15H12N2O3S2/c1-2-20-11-5-8-13-14(9-11)22-15(16-13)21-12-6-3-10(4-7-12)17(18)19/h3-9H,2H2,1H3. The van der Waals surface area contributed by atoms with Gasteiger partial charge in [0.15, 0.2) is 4.34 Å². The zero-order valence-corrected chi connectivity index (χ0v) is 13.3. The molecular formula is C15H12N2O3S2. The van der Waals surface area contributed by atoms with E-state index in [0.29, 0.717) is 6.61 Å². The average Bonchev–Trinajstić information content (AvgIpc) is 2.89. The lowest BCUT2D eigenvalue weighted by Crippen LogP contribution is -1.89. The Kier molecular flexibility index (Phi) is 4.26. The minimum Gasteiger partial charge on any atom is -0.494 e. The van der Waals surface area contributed by atoms with Crippen molar-refractivity contribution < 1.29 is 9.66 Å². The molecule has 0 unspecified atom stereocenters. The van der Waals surface area contributed by atoms with Gasteiger partial charge < -0.3 is 4.74 Å². The number of ether oxygens (including phenoxy) is 1. The van der Waals surface area contributed by atoms with Crippen LogP contribution < -0.4 is 4.74 Å². The molecule has 22 heavy (non-hydrogen) atoms. The summed E-state index contributed by atoms with van der Waals surface area (Å²) < 4.78 is 7.45. The highest BCUT2D eigenvalue weighted by Crippen LogP contribution is 2.36. The van der Waals surface area contributed by atoms with Crippen LogP contribution in [-0.2, 0) is 0 Å². The van der Waals surface area contributed by atoms with Crippen molar-refractivity contribution >= 4 is 39.0 Å². The zero-order valence-electron chi connectivity index (χ0n) is 11.7. The lowest BCUT2D eigenvalue weighted by Gasteiger charge is -2.00. The molecule has 0 fully saturated rings. The normalized spacial score (nSPS) is 10.8. The Morgan fingerprint density at radius 1 is 1.27 bits per heavy atom. The molecule has 0 bridgehead atoms. The lowest BCUT2D eigenvalue weighted by atomic mass is 10.3. The number of hydrogen-bond acceptors (Lipinski definition) is 6. The molecule has 0 radical (unpaired) electrons. The van der Waals surface area contributed by atoms with Crippen molar-refractivity contribution in [1.82, 2.24) is 4.98 Å². The molecule has 112 valence electrons. The maximum atomic E-state index is 10.6. The minimum absolute atomic E-state index is 0.0926. The van der Waals surface area contributed by atoms with Gasteiger partial charge in [-0.15, -0.1) is 11.3 Å². The fourth-order valence-corrected chi connectivity index (χ4v) is 3.99. The average molecular weight is 332 g/mol. The Balaban J connectivity index is 1.82. The van der Waals surface area contributed by atoms with Crippen molar-refractivity contribution in [3.8, 4) is 5.75 Å².